The van der Waals surface area contributed by atoms with Crippen molar-refractivity contribution in [2.75, 3.05) is 26.2 Å². The topological polar surface area (TPSA) is 32.3 Å². The van der Waals surface area contributed by atoms with Crippen molar-refractivity contribution in [1.29, 1.82) is 0 Å². The SMILES string of the molecule is C=CCC(=O)N(CCC)CC1CCNCC1. The summed E-state index contributed by atoms with van der Waals surface area (Å²) in [6.07, 6.45) is 5.61. The van der Waals surface area contributed by atoms with Gasteiger partial charge in [0.2, 0.25) is 5.91 Å². The highest BCUT2D eigenvalue weighted by molar-refractivity contribution is 5.77. The Labute approximate surface area is 98.9 Å². The molecule has 16 heavy (non-hydrogen) atoms. The molecule has 3 nitrogen and oxygen atoms in total. The molecule has 0 spiro atoms. The largest absolute Gasteiger partial charge is 0.342 e. The minimum absolute atomic E-state index is 0.232. The zero-order valence-electron chi connectivity index (χ0n) is 10.4. The number of carbonyl (C=O) groups excluding carboxylic acids is 1. The van der Waals surface area contributed by atoms with Crippen molar-refractivity contribution in [3.63, 3.8) is 0 Å². The second-order valence-corrected chi connectivity index (χ2v) is 4.53. The normalized spacial score (nSPS) is 17.1. The van der Waals surface area contributed by atoms with Crippen LogP contribution < -0.4 is 5.32 Å². The van der Waals surface area contributed by atoms with Crippen LogP contribution in [-0.2, 0) is 4.79 Å². The van der Waals surface area contributed by atoms with E-state index in [1.54, 1.807) is 6.08 Å². The smallest absolute Gasteiger partial charge is 0.226 e. The number of amides is 1. The fourth-order valence-electron chi connectivity index (χ4n) is 2.22. The van der Waals surface area contributed by atoms with Crippen LogP contribution in [0.2, 0.25) is 0 Å². The molecule has 0 aromatic carbocycles. The van der Waals surface area contributed by atoms with Crippen LogP contribution in [0.3, 0.4) is 0 Å². The third-order valence-corrected chi connectivity index (χ3v) is 3.10. The van der Waals surface area contributed by atoms with Crippen LogP contribution in [0.15, 0.2) is 12.7 Å². The molecule has 1 saturated heterocycles. The van der Waals surface area contributed by atoms with Crippen molar-refractivity contribution in [3.05, 3.63) is 12.7 Å². The van der Waals surface area contributed by atoms with E-state index in [-0.39, 0.29) is 5.91 Å². The maximum Gasteiger partial charge on any atom is 0.226 e. The lowest BCUT2D eigenvalue weighted by molar-refractivity contribution is -0.131. The van der Waals surface area contributed by atoms with Gasteiger partial charge in [-0.1, -0.05) is 13.0 Å². The molecule has 0 aromatic heterocycles. The first-order chi connectivity index (χ1) is 7.77. The summed E-state index contributed by atoms with van der Waals surface area (Å²) in [5.41, 5.74) is 0. The second-order valence-electron chi connectivity index (χ2n) is 4.53. The Bertz CT molecular complexity index is 222. The van der Waals surface area contributed by atoms with Gasteiger partial charge in [-0.3, -0.25) is 4.79 Å². The third kappa shape index (κ3) is 4.35. The van der Waals surface area contributed by atoms with Crippen LogP contribution in [0.25, 0.3) is 0 Å². The molecule has 92 valence electrons. The highest BCUT2D eigenvalue weighted by Gasteiger charge is 2.19. The van der Waals surface area contributed by atoms with Gasteiger partial charge in [-0.05, 0) is 38.3 Å². The van der Waals surface area contributed by atoms with Gasteiger partial charge in [-0.2, -0.15) is 0 Å². The van der Waals surface area contributed by atoms with Crippen molar-refractivity contribution in [3.8, 4) is 0 Å². The van der Waals surface area contributed by atoms with E-state index in [1.807, 2.05) is 4.90 Å². The fraction of sp³-hybridized carbons (Fsp3) is 0.769. The van der Waals surface area contributed by atoms with E-state index in [9.17, 15) is 4.79 Å². The van der Waals surface area contributed by atoms with Crippen LogP contribution in [-0.4, -0.2) is 37.0 Å². The van der Waals surface area contributed by atoms with E-state index >= 15 is 0 Å². The number of piperidine rings is 1. The van der Waals surface area contributed by atoms with Crippen molar-refractivity contribution in [2.45, 2.75) is 32.6 Å². The predicted octanol–water partition coefficient (Wildman–Crippen LogP) is 1.80. The van der Waals surface area contributed by atoms with E-state index in [1.165, 1.54) is 12.8 Å². The van der Waals surface area contributed by atoms with Gasteiger partial charge in [0.15, 0.2) is 0 Å². The summed E-state index contributed by atoms with van der Waals surface area (Å²) in [6.45, 7) is 9.77. The van der Waals surface area contributed by atoms with Gasteiger partial charge in [0.05, 0.1) is 0 Å². The minimum atomic E-state index is 0.232. The molecule has 0 aliphatic carbocycles. The maximum absolute atomic E-state index is 11.8. The van der Waals surface area contributed by atoms with Crippen molar-refractivity contribution in [2.24, 2.45) is 5.92 Å². The van der Waals surface area contributed by atoms with E-state index < -0.39 is 0 Å². The van der Waals surface area contributed by atoms with Gasteiger partial charge in [0, 0.05) is 19.5 Å². The van der Waals surface area contributed by atoms with Crippen molar-refractivity contribution < 1.29 is 4.79 Å². The zero-order valence-corrected chi connectivity index (χ0v) is 10.4. The number of hydrogen-bond donors (Lipinski definition) is 1. The molecule has 1 fully saturated rings. The first kappa shape index (κ1) is 13.2. The number of nitrogens with one attached hydrogen (secondary N) is 1. The van der Waals surface area contributed by atoms with Gasteiger partial charge in [0.25, 0.3) is 0 Å². The van der Waals surface area contributed by atoms with Crippen LogP contribution in [0.5, 0.6) is 0 Å². The molecular formula is C13H24N2O. The van der Waals surface area contributed by atoms with Gasteiger partial charge < -0.3 is 10.2 Å². The minimum Gasteiger partial charge on any atom is -0.342 e. The third-order valence-electron chi connectivity index (χ3n) is 3.10. The van der Waals surface area contributed by atoms with Gasteiger partial charge in [-0.15, -0.1) is 6.58 Å². The standard InChI is InChI=1S/C13H24N2O/c1-3-5-13(16)15(10-4-2)11-12-6-8-14-9-7-12/h3,12,14H,1,4-11H2,2H3. The van der Waals surface area contributed by atoms with E-state index in [0.29, 0.717) is 12.3 Å². The van der Waals surface area contributed by atoms with Gasteiger partial charge in [0.1, 0.15) is 0 Å². The lowest BCUT2D eigenvalue weighted by Crippen LogP contribution is -2.39. The summed E-state index contributed by atoms with van der Waals surface area (Å²) < 4.78 is 0. The molecule has 1 rings (SSSR count). The molecule has 0 bridgehead atoms. The summed E-state index contributed by atoms with van der Waals surface area (Å²) in [4.78, 5) is 13.9. The fourth-order valence-corrected chi connectivity index (χ4v) is 2.22. The summed E-state index contributed by atoms with van der Waals surface area (Å²) in [5, 5.41) is 3.35. The zero-order chi connectivity index (χ0) is 11.8. The summed E-state index contributed by atoms with van der Waals surface area (Å²) in [5.74, 6) is 0.914. The molecule has 1 aliphatic heterocycles. The summed E-state index contributed by atoms with van der Waals surface area (Å²) in [7, 11) is 0. The number of hydrogen-bond acceptors (Lipinski definition) is 2. The van der Waals surface area contributed by atoms with Crippen molar-refractivity contribution in [1.82, 2.24) is 10.2 Å². The molecule has 0 atom stereocenters. The second kappa shape index (κ2) is 7.44. The molecule has 1 amide bonds. The number of carbonyl (C=O) groups is 1. The summed E-state index contributed by atoms with van der Waals surface area (Å²) >= 11 is 0. The van der Waals surface area contributed by atoms with Gasteiger partial charge >= 0.3 is 0 Å². The van der Waals surface area contributed by atoms with E-state index in [0.717, 1.165) is 32.6 Å². The monoisotopic (exact) mass is 224 g/mol. The Morgan fingerprint density at radius 2 is 2.19 bits per heavy atom. The van der Waals surface area contributed by atoms with Crippen LogP contribution in [0.4, 0.5) is 0 Å². The maximum atomic E-state index is 11.8. The Balaban J connectivity index is 2.41. The van der Waals surface area contributed by atoms with E-state index in [2.05, 4.69) is 18.8 Å². The van der Waals surface area contributed by atoms with Crippen LogP contribution in [0.1, 0.15) is 32.6 Å². The molecule has 1 N–H and O–H groups in total. The lowest BCUT2D eigenvalue weighted by atomic mass is 9.97. The highest BCUT2D eigenvalue weighted by Crippen LogP contribution is 2.14. The summed E-state index contributed by atoms with van der Waals surface area (Å²) in [6, 6.07) is 0. The average molecular weight is 224 g/mol. The highest BCUT2D eigenvalue weighted by atomic mass is 16.2. The Morgan fingerprint density at radius 1 is 1.50 bits per heavy atom. The Kier molecular flexibility index (Phi) is 6.16. The number of rotatable bonds is 6. The molecule has 0 radical (unpaired) electrons. The first-order valence-electron chi connectivity index (χ1n) is 6.37. The molecule has 0 saturated carbocycles. The average Bonchev–Trinajstić information content (AvgIpc) is 2.30. The molecule has 0 aromatic rings. The lowest BCUT2D eigenvalue weighted by Gasteiger charge is -2.29. The van der Waals surface area contributed by atoms with E-state index in [4.69, 9.17) is 0 Å². The molecule has 0 unspecified atom stereocenters. The molecule has 1 aliphatic rings. The Morgan fingerprint density at radius 3 is 2.75 bits per heavy atom. The molecule has 3 heteroatoms. The van der Waals surface area contributed by atoms with Crippen LogP contribution >= 0.6 is 0 Å². The van der Waals surface area contributed by atoms with Crippen LogP contribution in [0, 0.1) is 5.92 Å². The first-order valence-corrected chi connectivity index (χ1v) is 6.37. The quantitative estimate of drug-likeness (QED) is 0.698. The predicted molar refractivity (Wildman–Crippen MR) is 67.3 cm³/mol. The van der Waals surface area contributed by atoms with Gasteiger partial charge in [-0.25, -0.2) is 0 Å². The molecular weight excluding hydrogens is 200 g/mol. The van der Waals surface area contributed by atoms with Crippen molar-refractivity contribution >= 4 is 5.91 Å². The molecule has 1 heterocycles. The number of nitrogens with zero attached hydrogens (tertiary/aromatic N) is 1. The Hall–Kier alpha value is -0.830.